The van der Waals surface area contributed by atoms with Gasteiger partial charge >= 0.3 is 6.18 Å². The van der Waals surface area contributed by atoms with Crippen molar-refractivity contribution in [2.75, 3.05) is 16.4 Å². The summed E-state index contributed by atoms with van der Waals surface area (Å²) in [7, 11) is 0. The number of aromatic nitrogens is 3. The smallest absolute Gasteiger partial charge is 0.325 e. The molecule has 3 aromatic rings. The van der Waals surface area contributed by atoms with Crippen molar-refractivity contribution in [3.8, 4) is 0 Å². The van der Waals surface area contributed by atoms with Gasteiger partial charge in [-0.1, -0.05) is 47.6 Å². The summed E-state index contributed by atoms with van der Waals surface area (Å²) in [4.78, 5) is 24.7. The number of amides is 2. The number of nitrogens with zero attached hydrogens (tertiary/aromatic N) is 3. The highest BCUT2D eigenvalue weighted by Crippen LogP contribution is 2.30. The van der Waals surface area contributed by atoms with E-state index in [-0.39, 0.29) is 23.8 Å². The van der Waals surface area contributed by atoms with Gasteiger partial charge in [0.15, 0.2) is 5.16 Å². The van der Waals surface area contributed by atoms with Crippen molar-refractivity contribution in [3.63, 3.8) is 0 Å². The zero-order valence-electron chi connectivity index (χ0n) is 17.6. The molecule has 3 rings (SSSR count). The van der Waals surface area contributed by atoms with Gasteiger partial charge < -0.3 is 15.2 Å². The summed E-state index contributed by atoms with van der Waals surface area (Å²) in [5.74, 6) is -0.650. The zero-order chi connectivity index (χ0) is 24.7. The normalized spacial score (nSPS) is 11.2. The summed E-state index contributed by atoms with van der Waals surface area (Å²) in [5, 5.41) is 14.0. The van der Waals surface area contributed by atoms with Crippen molar-refractivity contribution in [2.45, 2.75) is 24.3 Å². The molecule has 0 unspecified atom stereocenters. The highest BCUT2D eigenvalue weighted by Gasteiger charge is 2.30. The van der Waals surface area contributed by atoms with Gasteiger partial charge in [0.1, 0.15) is 5.82 Å². The van der Waals surface area contributed by atoms with E-state index in [2.05, 4.69) is 27.4 Å². The molecule has 34 heavy (non-hydrogen) atoms. The minimum Gasteiger partial charge on any atom is -0.325 e. The first-order valence-corrected chi connectivity index (χ1v) is 11.2. The SMILES string of the molecule is C=CCn1c(CC(=O)Nc2ccccc2Cl)nnc1SCC(=O)Nc1cccc(C(F)(F)F)c1. The summed E-state index contributed by atoms with van der Waals surface area (Å²) < 4.78 is 40.2. The minimum atomic E-state index is -4.51. The van der Waals surface area contributed by atoms with Crippen molar-refractivity contribution in [3.05, 3.63) is 77.6 Å². The van der Waals surface area contributed by atoms with Gasteiger partial charge in [0, 0.05) is 12.2 Å². The molecule has 0 aliphatic carbocycles. The van der Waals surface area contributed by atoms with Crippen LogP contribution in [0.3, 0.4) is 0 Å². The van der Waals surface area contributed by atoms with Crippen LogP contribution in [0.2, 0.25) is 5.02 Å². The Morgan fingerprint density at radius 2 is 1.85 bits per heavy atom. The van der Waals surface area contributed by atoms with Gasteiger partial charge in [-0.05, 0) is 30.3 Å². The Hall–Kier alpha value is -3.31. The fraction of sp³-hybridized carbons (Fsp3) is 0.182. The number of anilines is 2. The van der Waals surface area contributed by atoms with E-state index in [9.17, 15) is 22.8 Å². The number of benzene rings is 2. The number of alkyl halides is 3. The second kappa shape index (κ2) is 11.2. The van der Waals surface area contributed by atoms with Crippen LogP contribution in [0.25, 0.3) is 0 Å². The average molecular weight is 510 g/mol. The van der Waals surface area contributed by atoms with Crippen LogP contribution >= 0.6 is 23.4 Å². The summed E-state index contributed by atoms with van der Waals surface area (Å²) >= 11 is 7.09. The fourth-order valence-corrected chi connectivity index (χ4v) is 3.82. The number of hydrogen-bond acceptors (Lipinski definition) is 5. The Kier molecular flexibility index (Phi) is 8.35. The van der Waals surface area contributed by atoms with Crippen LogP contribution < -0.4 is 10.6 Å². The predicted octanol–water partition coefficient (Wildman–Crippen LogP) is 5.05. The lowest BCUT2D eigenvalue weighted by atomic mass is 10.2. The number of para-hydroxylation sites is 1. The lowest BCUT2D eigenvalue weighted by Gasteiger charge is -2.10. The van der Waals surface area contributed by atoms with E-state index in [1.54, 1.807) is 34.9 Å². The third-order valence-electron chi connectivity index (χ3n) is 4.38. The Bertz CT molecular complexity index is 1200. The van der Waals surface area contributed by atoms with E-state index >= 15 is 0 Å². The lowest BCUT2D eigenvalue weighted by Crippen LogP contribution is -2.18. The molecule has 0 saturated carbocycles. The molecular weight excluding hydrogens is 491 g/mol. The van der Waals surface area contributed by atoms with Gasteiger partial charge in [-0.3, -0.25) is 9.59 Å². The Morgan fingerprint density at radius 3 is 2.56 bits per heavy atom. The molecule has 0 bridgehead atoms. The first-order valence-electron chi connectivity index (χ1n) is 9.84. The van der Waals surface area contributed by atoms with E-state index in [4.69, 9.17) is 11.6 Å². The molecule has 0 aliphatic heterocycles. The van der Waals surface area contributed by atoms with Crippen molar-refractivity contribution < 1.29 is 22.8 Å². The van der Waals surface area contributed by atoms with Gasteiger partial charge in [-0.2, -0.15) is 13.2 Å². The van der Waals surface area contributed by atoms with E-state index < -0.39 is 17.6 Å². The van der Waals surface area contributed by atoms with Gasteiger partial charge in [-0.25, -0.2) is 0 Å². The molecule has 178 valence electrons. The molecule has 0 atom stereocenters. The average Bonchev–Trinajstić information content (AvgIpc) is 3.15. The third kappa shape index (κ3) is 6.84. The van der Waals surface area contributed by atoms with Crippen LogP contribution in [0.1, 0.15) is 11.4 Å². The maximum atomic E-state index is 12.8. The van der Waals surface area contributed by atoms with Gasteiger partial charge in [-0.15, -0.1) is 16.8 Å². The maximum absolute atomic E-state index is 12.8. The summed E-state index contributed by atoms with van der Waals surface area (Å²) in [6.07, 6.45) is -3.01. The number of carbonyl (C=O) groups is 2. The predicted molar refractivity (Wildman–Crippen MR) is 125 cm³/mol. The van der Waals surface area contributed by atoms with Crippen LogP contribution in [0.5, 0.6) is 0 Å². The number of hydrogen-bond donors (Lipinski definition) is 2. The Balaban J connectivity index is 1.63. The van der Waals surface area contributed by atoms with Crippen LogP contribution in [0, 0.1) is 0 Å². The maximum Gasteiger partial charge on any atom is 0.416 e. The van der Waals surface area contributed by atoms with E-state index in [0.29, 0.717) is 28.2 Å². The molecule has 2 amide bonds. The molecule has 0 spiro atoms. The Labute approximate surface area is 202 Å². The number of thioether (sulfide) groups is 1. The van der Waals surface area contributed by atoms with Crippen molar-refractivity contribution in [1.82, 2.24) is 14.8 Å². The van der Waals surface area contributed by atoms with Crippen LogP contribution in [-0.4, -0.2) is 32.3 Å². The summed E-state index contributed by atoms with van der Waals surface area (Å²) in [6.45, 7) is 3.97. The largest absolute Gasteiger partial charge is 0.416 e. The highest BCUT2D eigenvalue weighted by molar-refractivity contribution is 7.99. The molecule has 7 nitrogen and oxygen atoms in total. The fourth-order valence-electron chi connectivity index (χ4n) is 2.87. The molecule has 2 aromatic carbocycles. The van der Waals surface area contributed by atoms with Crippen LogP contribution in [-0.2, 0) is 28.7 Å². The van der Waals surface area contributed by atoms with Crippen molar-refractivity contribution in [2.24, 2.45) is 0 Å². The summed E-state index contributed by atoms with van der Waals surface area (Å²) in [5.41, 5.74) is -0.363. The van der Waals surface area contributed by atoms with E-state index in [0.717, 1.165) is 23.9 Å². The first kappa shape index (κ1) is 25.3. The number of rotatable bonds is 9. The van der Waals surface area contributed by atoms with Crippen molar-refractivity contribution in [1.29, 1.82) is 0 Å². The van der Waals surface area contributed by atoms with Crippen molar-refractivity contribution >= 4 is 46.6 Å². The molecule has 1 aromatic heterocycles. The topological polar surface area (TPSA) is 88.9 Å². The number of nitrogens with one attached hydrogen (secondary N) is 2. The molecular formula is C22H19ClF3N5O2S. The molecule has 0 saturated heterocycles. The molecule has 2 N–H and O–H groups in total. The standard InChI is InChI=1S/C22H19ClF3N5O2S/c1-2-10-31-18(12-19(32)28-17-9-4-3-8-16(17)23)29-30-21(31)34-13-20(33)27-15-7-5-6-14(11-15)22(24,25)26/h2-9,11H,1,10,12-13H2,(H,27,33)(H,28,32). The van der Waals surface area contributed by atoms with E-state index in [1.807, 2.05) is 0 Å². The van der Waals surface area contributed by atoms with E-state index in [1.165, 1.54) is 12.1 Å². The third-order valence-corrected chi connectivity index (χ3v) is 5.67. The lowest BCUT2D eigenvalue weighted by molar-refractivity contribution is -0.137. The quantitative estimate of drug-likeness (QED) is 0.311. The van der Waals surface area contributed by atoms with Gasteiger partial charge in [0.25, 0.3) is 0 Å². The molecule has 12 heteroatoms. The molecule has 0 radical (unpaired) electrons. The van der Waals surface area contributed by atoms with Gasteiger partial charge in [0.05, 0.1) is 28.4 Å². The summed E-state index contributed by atoms with van der Waals surface area (Å²) in [6, 6.07) is 11.2. The molecule has 0 fully saturated rings. The Morgan fingerprint density at radius 1 is 1.09 bits per heavy atom. The van der Waals surface area contributed by atoms with Gasteiger partial charge in [0.2, 0.25) is 11.8 Å². The molecule has 1 heterocycles. The monoisotopic (exact) mass is 509 g/mol. The van der Waals surface area contributed by atoms with Crippen LogP contribution in [0.4, 0.5) is 24.5 Å². The number of carbonyl (C=O) groups excluding carboxylic acids is 2. The highest BCUT2D eigenvalue weighted by atomic mass is 35.5. The first-order chi connectivity index (χ1) is 16.2. The number of halogens is 4. The minimum absolute atomic E-state index is 0.0323. The molecule has 0 aliphatic rings. The second-order valence-corrected chi connectivity index (χ2v) is 8.27. The number of allylic oxidation sites excluding steroid dienone is 1. The second-order valence-electron chi connectivity index (χ2n) is 6.92. The zero-order valence-corrected chi connectivity index (χ0v) is 19.2. The van der Waals surface area contributed by atoms with Crippen LogP contribution in [0.15, 0.2) is 66.3 Å².